The van der Waals surface area contributed by atoms with Crippen molar-refractivity contribution >= 4 is 22.5 Å². The second-order valence-corrected chi connectivity index (χ2v) is 9.30. The minimum absolute atomic E-state index is 0.322. The summed E-state index contributed by atoms with van der Waals surface area (Å²) in [6.45, 7) is 4.57. The number of fused-ring (bicyclic) bond motifs is 3. The Morgan fingerprint density at radius 3 is 2.31 bits per heavy atom. The van der Waals surface area contributed by atoms with Gasteiger partial charge in [-0.05, 0) is 25.5 Å². The van der Waals surface area contributed by atoms with Gasteiger partial charge in [0.15, 0.2) is 0 Å². The maximum absolute atomic E-state index is 13.5. The fourth-order valence-electron chi connectivity index (χ4n) is 4.79. The van der Waals surface area contributed by atoms with Crippen molar-refractivity contribution in [3.63, 3.8) is 0 Å². The number of aryl methyl sites for hydroxylation is 1. The summed E-state index contributed by atoms with van der Waals surface area (Å²) >= 11 is 6.57. The van der Waals surface area contributed by atoms with Gasteiger partial charge in [0.1, 0.15) is 6.10 Å². The van der Waals surface area contributed by atoms with Gasteiger partial charge in [0.2, 0.25) is 0 Å². The van der Waals surface area contributed by atoms with E-state index in [2.05, 4.69) is 18.4 Å². The number of nitrogens with zero attached hydrogens (tertiary/aromatic N) is 3. The van der Waals surface area contributed by atoms with Crippen LogP contribution in [0.4, 0.5) is 0 Å². The molecule has 1 unspecified atom stereocenters. The third-order valence-electron chi connectivity index (χ3n) is 6.30. The second-order valence-electron chi connectivity index (χ2n) is 8.89. The van der Waals surface area contributed by atoms with E-state index in [1.54, 1.807) is 11.6 Å². The van der Waals surface area contributed by atoms with Crippen LogP contribution < -0.4 is 11.2 Å². The van der Waals surface area contributed by atoms with E-state index in [9.17, 15) is 9.59 Å². The van der Waals surface area contributed by atoms with Gasteiger partial charge in [0, 0.05) is 24.7 Å². The summed E-state index contributed by atoms with van der Waals surface area (Å²) in [5, 5.41) is 1.08. The predicted molar refractivity (Wildman–Crippen MR) is 126 cm³/mol. The molecular formula is C25H24ClN3O3. The summed E-state index contributed by atoms with van der Waals surface area (Å²) < 4.78 is 11.3. The van der Waals surface area contributed by atoms with Crippen molar-refractivity contribution in [2.24, 2.45) is 14.1 Å². The van der Waals surface area contributed by atoms with Gasteiger partial charge in [-0.3, -0.25) is 13.9 Å². The zero-order valence-electron chi connectivity index (χ0n) is 18.4. The topological polar surface area (TPSA) is 58.2 Å². The molecule has 0 radical (unpaired) electrons. The Morgan fingerprint density at radius 2 is 1.62 bits per heavy atom. The molecular weight excluding hydrogens is 426 g/mol. The molecule has 32 heavy (non-hydrogen) atoms. The lowest BCUT2D eigenvalue weighted by atomic mass is 9.98. The van der Waals surface area contributed by atoms with Crippen molar-refractivity contribution in [2.75, 3.05) is 6.61 Å². The predicted octanol–water partition coefficient (Wildman–Crippen LogP) is 4.21. The van der Waals surface area contributed by atoms with Crippen LogP contribution in [0, 0.1) is 0 Å². The number of aromatic nitrogens is 3. The van der Waals surface area contributed by atoms with E-state index in [4.69, 9.17) is 16.3 Å². The van der Waals surface area contributed by atoms with Gasteiger partial charge < -0.3 is 9.30 Å². The van der Waals surface area contributed by atoms with Crippen molar-refractivity contribution in [1.29, 1.82) is 0 Å². The van der Waals surface area contributed by atoms with Gasteiger partial charge in [-0.15, -0.1) is 0 Å². The highest BCUT2D eigenvalue weighted by Gasteiger charge is 2.41. The molecule has 1 atom stereocenters. The van der Waals surface area contributed by atoms with Crippen LogP contribution in [-0.4, -0.2) is 20.3 Å². The summed E-state index contributed by atoms with van der Waals surface area (Å²) in [7, 11) is 3.22. The van der Waals surface area contributed by atoms with Crippen LogP contribution in [0.15, 0.2) is 64.2 Å². The molecule has 7 heteroatoms. The highest BCUT2D eigenvalue weighted by Crippen LogP contribution is 2.46. The van der Waals surface area contributed by atoms with Crippen molar-refractivity contribution in [2.45, 2.75) is 25.5 Å². The summed E-state index contributed by atoms with van der Waals surface area (Å²) in [5.41, 5.74) is 2.69. The lowest BCUT2D eigenvalue weighted by Crippen LogP contribution is -2.40. The zero-order chi connectivity index (χ0) is 22.8. The summed E-state index contributed by atoms with van der Waals surface area (Å²) in [4.78, 5) is 26.5. The van der Waals surface area contributed by atoms with Crippen molar-refractivity contribution in [3.8, 4) is 11.3 Å². The molecule has 1 aliphatic heterocycles. The van der Waals surface area contributed by atoms with Gasteiger partial charge in [-0.2, -0.15) is 0 Å². The number of hydrogen-bond acceptors (Lipinski definition) is 3. The van der Waals surface area contributed by atoms with Crippen LogP contribution in [0.25, 0.3) is 22.2 Å². The molecule has 5 rings (SSSR count). The average molecular weight is 450 g/mol. The second kappa shape index (κ2) is 7.22. The van der Waals surface area contributed by atoms with Crippen molar-refractivity contribution in [1.82, 2.24) is 13.7 Å². The quantitative estimate of drug-likeness (QED) is 0.460. The highest BCUT2D eigenvalue weighted by atomic mass is 35.5. The molecule has 0 saturated heterocycles. The van der Waals surface area contributed by atoms with Gasteiger partial charge in [-0.1, -0.05) is 60.1 Å². The fourth-order valence-corrected chi connectivity index (χ4v) is 5.03. The number of hydrogen-bond donors (Lipinski definition) is 0. The normalized spacial score (nSPS) is 17.5. The lowest BCUT2D eigenvalue weighted by molar-refractivity contribution is -0.00702. The molecule has 1 aliphatic rings. The van der Waals surface area contributed by atoms with E-state index in [0.717, 1.165) is 22.5 Å². The molecule has 6 nitrogen and oxygen atoms in total. The average Bonchev–Trinajstić information content (AvgIpc) is 3.15. The van der Waals surface area contributed by atoms with Crippen LogP contribution in [0.5, 0.6) is 0 Å². The molecule has 3 heterocycles. The fraction of sp³-hybridized carbons (Fsp3) is 0.280. The Bertz CT molecular complexity index is 1480. The smallest absolute Gasteiger partial charge is 0.331 e. The third kappa shape index (κ3) is 2.83. The monoisotopic (exact) mass is 449 g/mol. The first-order valence-electron chi connectivity index (χ1n) is 10.5. The molecule has 0 saturated carbocycles. The van der Waals surface area contributed by atoms with E-state index < -0.39 is 11.6 Å². The number of halogens is 1. The summed E-state index contributed by atoms with van der Waals surface area (Å²) in [6.07, 6.45) is -0.519. The van der Waals surface area contributed by atoms with Crippen LogP contribution in [0.2, 0.25) is 5.02 Å². The Kier molecular flexibility index (Phi) is 4.69. The summed E-state index contributed by atoms with van der Waals surface area (Å²) in [6, 6.07) is 17.4. The van der Waals surface area contributed by atoms with E-state index in [0.29, 0.717) is 22.5 Å². The minimum atomic E-state index is -0.519. The lowest BCUT2D eigenvalue weighted by Gasteiger charge is -2.39. The molecule has 2 aromatic heterocycles. The maximum atomic E-state index is 13.5. The van der Waals surface area contributed by atoms with Crippen LogP contribution in [0.1, 0.15) is 31.2 Å². The standard InChI is InChI=1S/C25H24ClN3O3/c1-25(2)14-32-22(16-12-8-9-13-17(16)26)21-20-18(23(30)28(4)24(31)27(20)3)19(29(21)25)15-10-6-5-7-11-15/h5-13,22H,14H2,1-4H3. The highest BCUT2D eigenvalue weighted by molar-refractivity contribution is 6.31. The molecule has 0 bridgehead atoms. The van der Waals surface area contributed by atoms with Gasteiger partial charge in [0.25, 0.3) is 5.56 Å². The Balaban J connectivity index is 2.04. The van der Waals surface area contributed by atoms with Crippen molar-refractivity contribution in [3.05, 3.63) is 91.7 Å². The van der Waals surface area contributed by atoms with E-state index in [-0.39, 0.29) is 11.2 Å². The molecule has 164 valence electrons. The first kappa shape index (κ1) is 20.8. The number of benzene rings is 2. The van der Waals surface area contributed by atoms with E-state index >= 15 is 0 Å². The maximum Gasteiger partial charge on any atom is 0.331 e. The molecule has 0 fully saturated rings. The minimum Gasteiger partial charge on any atom is -0.365 e. The van der Waals surface area contributed by atoms with Gasteiger partial charge >= 0.3 is 5.69 Å². The molecule has 0 N–H and O–H groups in total. The molecule has 2 aromatic carbocycles. The Morgan fingerprint density at radius 1 is 0.969 bits per heavy atom. The SMILES string of the molecule is Cn1c(=O)c2c(-c3ccccc3)n3c(c2n(C)c1=O)C(c1ccccc1Cl)OCC3(C)C. The largest absolute Gasteiger partial charge is 0.365 e. The van der Waals surface area contributed by atoms with Crippen molar-refractivity contribution < 1.29 is 4.74 Å². The van der Waals surface area contributed by atoms with Crippen LogP contribution in [-0.2, 0) is 24.4 Å². The van der Waals surface area contributed by atoms with Crippen LogP contribution >= 0.6 is 11.6 Å². The first-order valence-corrected chi connectivity index (χ1v) is 10.9. The first-order chi connectivity index (χ1) is 15.2. The van der Waals surface area contributed by atoms with Gasteiger partial charge in [0.05, 0.1) is 34.4 Å². The molecule has 0 amide bonds. The molecule has 4 aromatic rings. The summed E-state index contributed by atoms with van der Waals surface area (Å²) in [5.74, 6) is 0. The Hall–Kier alpha value is -3.09. The third-order valence-corrected chi connectivity index (χ3v) is 6.64. The van der Waals surface area contributed by atoms with Gasteiger partial charge in [-0.25, -0.2) is 4.79 Å². The number of ether oxygens (including phenoxy) is 1. The Labute approximate surface area is 190 Å². The molecule has 0 aliphatic carbocycles. The number of rotatable bonds is 2. The zero-order valence-corrected chi connectivity index (χ0v) is 19.2. The van der Waals surface area contributed by atoms with E-state index in [1.165, 1.54) is 11.6 Å². The molecule has 0 spiro atoms. The van der Waals surface area contributed by atoms with E-state index in [1.807, 2.05) is 54.6 Å². The van der Waals surface area contributed by atoms with Crippen LogP contribution in [0.3, 0.4) is 0 Å².